The molecule has 1 aliphatic rings. The van der Waals surface area contributed by atoms with Gasteiger partial charge >= 0.3 is 0 Å². The van der Waals surface area contributed by atoms with E-state index < -0.39 is 0 Å². The molecule has 2 aromatic carbocycles. The Balaban J connectivity index is 0.00000341. The highest BCUT2D eigenvalue weighted by atomic mass is 127. The van der Waals surface area contributed by atoms with E-state index in [1.165, 1.54) is 11.1 Å². The molecule has 0 atom stereocenters. The number of carbonyl (C=O) groups excluding carboxylic acids is 1. The zero-order valence-electron chi connectivity index (χ0n) is 18.6. The summed E-state index contributed by atoms with van der Waals surface area (Å²) in [6, 6.07) is 16.4. The van der Waals surface area contributed by atoms with Crippen LogP contribution in [-0.4, -0.2) is 55.0 Å². The molecule has 0 bridgehead atoms. The van der Waals surface area contributed by atoms with E-state index >= 15 is 0 Å². The second kappa shape index (κ2) is 12.5. The molecule has 1 N–H and O–H groups in total. The molecule has 0 fully saturated rings. The standard InChI is InChI=1S/C24H32N4O2.HI/c1-4-25-24(27(3)17-19-10-12-22(13-11-19)30-5-2)26-16-23(29)28-15-14-20-8-6-7-9-21(20)18-28;/h6-13H,4-5,14-18H2,1-3H3,(H,25,26);1H. The first-order valence-corrected chi connectivity index (χ1v) is 10.7. The molecule has 0 radical (unpaired) electrons. The average Bonchev–Trinajstić information content (AvgIpc) is 2.77. The number of rotatable bonds is 7. The molecular weight excluding hydrogens is 503 g/mol. The number of nitrogens with one attached hydrogen (secondary N) is 1. The van der Waals surface area contributed by atoms with Crippen molar-refractivity contribution in [3.8, 4) is 5.75 Å². The van der Waals surface area contributed by atoms with Crippen molar-refractivity contribution in [2.24, 2.45) is 4.99 Å². The molecule has 1 amide bonds. The maximum Gasteiger partial charge on any atom is 0.244 e. The molecular formula is C24H33IN4O2. The fourth-order valence-electron chi connectivity index (χ4n) is 3.63. The van der Waals surface area contributed by atoms with Crippen molar-refractivity contribution in [1.82, 2.24) is 15.1 Å². The number of hydrogen-bond acceptors (Lipinski definition) is 3. The molecule has 2 aromatic rings. The zero-order chi connectivity index (χ0) is 21.3. The van der Waals surface area contributed by atoms with Gasteiger partial charge in [-0.25, -0.2) is 4.99 Å². The van der Waals surface area contributed by atoms with Gasteiger partial charge < -0.3 is 19.9 Å². The minimum Gasteiger partial charge on any atom is -0.494 e. The van der Waals surface area contributed by atoms with Crippen LogP contribution in [0.3, 0.4) is 0 Å². The molecule has 1 heterocycles. The lowest BCUT2D eigenvalue weighted by atomic mass is 10.00. The van der Waals surface area contributed by atoms with Crippen molar-refractivity contribution in [1.29, 1.82) is 0 Å². The quantitative estimate of drug-likeness (QED) is 0.333. The van der Waals surface area contributed by atoms with Gasteiger partial charge in [0.05, 0.1) is 6.61 Å². The predicted molar refractivity (Wildman–Crippen MR) is 136 cm³/mol. The predicted octanol–water partition coefficient (Wildman–Crippen LogP) is 3.69. The Morgan fingerprint density at radius 3 is 2.52 bits per heavy atom. The number of fused-ring (bicyclic) bond motifs is 1. The largest absolute Gasteiger partial charge is 0.494 e. The molecule has 3 rings (SSSR count). The lowest BCUT2D eigenvalue weighted by Gasteiger charge is -2.29. The zero-order valence-corrected chi connectivity index (χ0v) is 21.0. The number of guanidine groups is 1. The molecule has 0 spiro atoms. The smallest absolute Gasteiger partial charge is 0.244 e. The van der Waals surface area contributed by atoms with Crippen molar-refractivity contribution in [3.63, 3.8) is 0 Å². The van der Waals surface area contributed by atoms with Crippen LogP contribution in [0.2, 0.25) is 0 Å². The van der Waals surface area contributed by atoms with E-state index in [9.17, 15) is 4.79 Å². The number of halogens is 1. The number of aliphatic imine (C=N–C) groups is 1. The van der Waals surface area contributed by atoms with Crippen LogP contribution in [0.25, 0.3) is 0 Å². The highest BCUT2D eigenvalue weighted by Gasteiger charge is 2.20. The van der Waals surface area contributed by atoms with E-state index in [1.807, 2.05) is 48.9 Å². The molecule has 6 nitrogen and oxygen atoms in total. The normalized spacial score (nSPS) is 13.1. The molecule has 0 saturated carbocycles. The van der Waals surface area contributed by atoms with Gasteiger partial charge in [0.15, 0.2) is 5.96 Å². The topological polar surface area (TPSA) is 57.2 Å². The van der Waals surface area contributed by atoms with Gasteiger partial charge in [0.25, 0.3) is 0 Å². The molecule has 0 aliphatic carbocycles. The third-order valence-corrected chi connectivity index (χ3v) is 5.20. The first-order chi connectivity index (χ1) is 14.6. The monoisotopic (exact) mass is 536 g/mol. The number of benzene rings is 2. The second-order valence-corrected chi connectivity index (χ2v) is 7.44. The highest BCUT2D eigenvalue weighted by molar-refractivity contribution is 14.0. The van der Waals surface area contributed by atoms with Crippen LogP contribution in [0.5, 0.6) is 5.75 Å². The highest BCUT2D eigenvalue weighted by Crippen LogP contribution is 2.18. The van der Waals surface area contributed by atoms with E-state index in [0.717, 1.165) is 36.8 Å². The van der Waals surface area contributed by atoms with Gasteiger partial charge in [-0.3, -0.25) is 4.79 Å². The number of hydrogen-bond donors (Lipinski definition) is 1. The summed E-state index contributed by atoms with van der Waals surface area (Å²) in [5.74, 6) is 1.67. The van der Waals surface area contributed by atoms with Crippen LogP contribution in [0.4, 0.5) is 0 Å². The fraction of sp³-hybridized carbons (Fsp3) is 0.417. The maximum absolute atomic E-state index is 12.8. The Kier molecular flexibility index (Phi) is 10.1. The molecule has 0 aromatic heterocycles. The average molecular weight is 536 g/mol. The Labute approximate surface area is 202 Å². The van der Waals surface area contributed by atoms with Crippen LogP contribution < -0.4 is 10.1 Å². The minimum atomic E-state index is 0. The SMILES string of the molecule is CCNC(=NCC(=O)N1CCc2ccccc2C1)N(C)Cc1ccc(OCC)cc1.I. The fourth-order valence-corrected chi connectivity index (χ4v) is 3.63. The Hall–Kier alpha value is -2.29. The van der Waals surface area contributed by atoms with Crippen LogP contribution >= 0.6 is 24.0 Å². The minimum absolute atomic E-state index is 0. The summed E-state index contributed by atoms with van der Waals surface area (Å²) in [5.41, 5.74) is 3.74. The van der Waals surface area contributed by atoms with Crippen molar-refractivity contribution in [2.45, 2.75) is 33.4 Å². The summed E-state index contributed by atoms with van der Waals surface area (Å²) in [4.78, 5) is 21.3. The summed E-state index contributed by atoms with van der Waals surface area (Å²) < 4.78 is 5.50. The van der Waals surface area contributed by atoms with E-state index in [-0.39, 0.29) is 36.4 Å². The van der Waals surface area contributed by atoms with Crippen molar-refractivity contribution in [2.75, 3.05) is 33.3 Å². The van der Waals surface area contributed by atoms with E-state index in [1.54, 1.807) is 0 Å². The molecule has 31 heavy (non-hydrogen) atoms. The number of amides is 1. The number of carbonyl (C=O) groups is 1. The van der Waals surface area contributed by atoms with Gasteiger partial charge in [-0.15, -0.1) is 24.0 Å². The second-order valence-electron chi connectivity index (χ2n) is 7.44. The molecule has 0 unspecified atom stereocenters. The number of ether oxygens (including phenoxy) is 1. The summed E-state index contributed by atoms with van der Waals surface area (Å²) >= 11 is 0. The van der Waals surface area contributed by atoms with Crippen molar-refractivity contribution >= 4 is 35.8 Å². The summed E-state index contributed by atoms with van der Waals surface area (Å²) in [7, 11) is 1.99. The van der Waals surface area contributed by atoms with Gasteiger partial charge in [0.1, 0.15) is 12.3 Å². The van der Waals surface area contributed by atoms with Crippen molar-refractivity contribution < 1.29 is 9.53 Å². The molecule has 1 aliphatic heterocycles. The number of nitrogens with zero attached hydrogens (tertiary/aromatic N) is 3. The molecule has 168 valence electrons. The first-order valence-electron chi connectivity index (χ1n) is 10.7. The van der Waals surface area contributed by atoms with Crippen LogP contribution in [0.15, 0.2) is 53.5 Å². The van der Waals surface area contributed by atoms with E-state index in [0.29, 0.717) is 19.7 Å². The van der Waals surface area contributed by atoms with E-state index in [2.05, 4.69) is 40.6 Å². The van der Waals surface area contributed by atoms with E-state index in [4.69, 9.17) is 4.74 Å². The molecule has 7 heteroatoms. The van der Waals surface area contributed by atoms with Gasteiger partial charge in [-0.2, -0.15) is 0 Å². The van der Waals surface area contributed by atoms with Crippen LogP contribution in [0, 0.1) is 0 Å². The Bertz CT molecular complexity index is 870. The van der Waals surface area contributed by atoms with Gasteiger partial charge in [0.2, 0.25) is 5.91 Å². The van der Waals surface area contributed by atoms with Crippen LogP contribution in [0.1, 0.15) is 30.5 Å². The third-order valence-electron chi connectivity index (χ3n) is 5.20. The lowest BCUT2D eigenvalue weighted by molar-refractivity contribution is -0.130. The summed E-state index contributed by atoms with van der Waals surface area (Å²) in [6.07, 6.45) is 0.906. The summed E-state index contributed by atoms with van der Waals surface area (Å²) in [5, 5.41) is 3.29. The van der Waals surface area contributed by atoms with Gasteiger partial charge in [-0.1, -0.05) is 36.4 Å². The third kappa shape index (κ3) is 7.12. The summed E-state index contributed by atoms with van der Waals surface area (Å²) in [6.45, 7) is 7.69. The first kappa shape index (κ1) is 25.0. The Morgan fingerprint density at radius 1 is 1.13 bits per heavy atom. The van der Waals surface area contributed by atoms with Gasteiger partial charge in [-0.05, 0) is 49.1 Å². The van der Waals surface area contributed by atoms with Crippen LogP contribution in [-0.2, 0) is 24.3 Å². The lowest BCUT2D eigenvalue weighted by Crippen LogP contribution is -2.41. The van der Waals surface area contributed by atoms with Crippen molar-refractivity contribution in [3.05, 3.63) is 65.2 Å². The van der Waals surface area contributed by atoms with Gasteiger partial charge in [0, 0.05) is 33.2 Å². The maximum atomic E-state index is 12.8. The Morgan fingerprint density at radius 2 is 1.84 bits per heavy atom. The molecule has 0 saturated heterocycles.